The predicted octanol–water partition coefficient (Wildman–Crippen LogP) is 3.11. The van der Waals surface area contributed by atoms with Crippen LogP contribution in [0.5, 0.6) is 17.2 Å². The molecule has 0 bridgehead atoms. The lowest BCUT2D eigenvalue weighted by molar-refractivity contribution is -0.105. The van der Waals surface area contributed by atoms with E-state index in [9.17, 15) is 19.8 Å². The third kappa shape index (κ3) is 1.89. The van der Waals surface area contributed by atoms with E-state index in [4.69, 9.17) is 4.74 Å². The van der Waals surface area contributed by atoms with Gasteiger partial charge in [-0.2, -0.15) is 0 Å². The highest BCUT2D eigenvalue weighted by Crippen LogP contribution is 2.58. The van der Waals surface area contributed by atoms with Gasteiger partial charge in [0.15, 0.2) is 17.3 Å². The molecule has 0 aromatic heterocycles. The minimum atomic E-state index is -0.647. The first-order valence-electron chi connectivity index (χ1n) is 8.49. The van der Waals surface area contributed by atoms with Gasteiger partial charge in [-0.05, 0) is 49.5 Å². The second kappa shape index (κ2) is 4.97. The van der Waals surface area contributed by atoms with E-state index in [-0.39, 0.29) is 34.7 Å². The molecule has 4 rings (SSSR count). The van der Waals surface area contributed by atoms with Gasteiger partial charge in [-0.1, -0.05) is 6.92 Å². The molecule has 1 aromatic rings. The average Bonchev–Trinajstić information content (AvgIpc) is 2.96. The summed E-state index contributed by atoms with van der Waals surface area (Å²) >= 11 is 0. The Bertz CT molecular complexity index is 905. The number of carbonyl (C=O) groups excluding carboxylic acids is 2. The van der Waals surface area contributed by atoms with E-state index in [0.29, 0.717) is 36.0 Å². The number of phenolic OH excluding ortho intramolecular Hbond substituents is 2. The first kappa shape index (κ1) is 15.9. The summed E-state index contributed by atoms with van der Waals surface area (Å²) in [6, 6.07) is 0. The maximum absolute atomic E-state index is 12.8. The normalized spacial score (nSPS) is 27.2. The Morgan fingerprint density at radius 2 is 2.04 bits per heavy atom. The third-order valence-corrected chi connectivity index (χ3v) is 5.90. The van der Waals surface area contributed by atoms with E-state index in [1.165, 1.54) is 6.08 Å². The highest BCUT2D eigenvalue weighted by molar-refractivity contribution is 6.12. The Kier molecular flexibility index (Phi) is 3.17. The molecule has 2 aliphatic carbocycles. The van der Waals surface area contributed by atoms with Crippen molar-refractivity contribution in [2.75, 3.05) is 0 Å². The maximum Gasteiger partial charge on any atom is 0.190 e. The molecule has 0 amide bonds. The Balaban J connectivity index is 2.05. The molecular weight excluding hydrogens is 320 g/mol. The predicted molar refractivity (Wildman–Crippen MR) is 91.3 cm³/mol. The molecule has 2 atom stereocenters. The van der Waals surface area contributed by atoms with Crippen LogP contribution in [0.4, 0.5) is 0 Å². The highest BCUT2D eigenvalue weighted by atomic mass is 16.5. The molecule has 2 N–H and O–H groups in total. The Morgan fingerprint density at radius 3 is 2.72 bits per heavy atom. The molecule has 0 fully saturated rings. The third-order valence-electron chi connectivity index (χ3n) is 5.90. The lowest BCUT2D eigenvalue weighted by atomic mass is 9.61. The van der Waals surface area contributed by atoms with E-state index < -0.39 is 5.41 Å². The molecule has 1 aromatic carbocycles. The number of ether oxygens (including phenoxy) is 1. The molecule has 0 saturated heterocycles. The summed E-state index contributed by atoms with van der Waals surface area (Å²) in [6.45, 7) is 5.63. The van der Waals surface area contributed by atoms with Crippen LogP contribution in [-0.4, -0.2) is 28.4 Å². The monoisotopic (exact) mass is 340 g/mol. The minimum absolute atomic E-state index is 0.0593. The smallest absolute Gasteiger partial charge is 0.190 e. The van der Waals surface area contributed by atoms with Gasteiger partial charge < -0.3 is 14.9 Å². The summed E-state index contributed by atoms with van der Waals surface area (Å²) in [4.78, 5) is 24.1. The van der Waals surface area contributed by atoms with Gasteiger partial charge in [-0.15, -0.1) is 0 Å². The zero-order chi connectivity index (χ0) is 18.1. The molecule has 5 heteroatoms. The molecule has 1 heterocycles. The quantitative estimate of drug-likeness (QED) is 0.606. The van der Waals surface area contributed by atoms with Gasteiger partial charge in [0.1, 0.15) is 18.1 Å². The molecule has 130 valence electrons. The van der Waals surface area contributed by atoms with E-state index in [0.717, 1.165) is 17.4 Å². The van der Waals surface area contributed by atoms with Gasteiger partial charge in [0.2, 0.25) is 0 Å². The molecule has 3 aliphatic rings. The molecule has 5 nitrogen and oxygen atoms in total. The van der Waals surface area contributed by atoms with Gasteiger partial charge in [-0.3, -0.25) is 9.59 Å². The number of phenols is 2. The maximum atomic E-state index is 12.8. The largest absolute Gasteiger partial charge is 0.507 e. The highest BCUT2D eigenvalue weighted by Gasteiger charge is 2.47. The van der Waals surface area contributed by atoms with E-state index >= 15 is 0 Å². The van der Waals surface area contributed by atoms with Gasteiger partial charge >= 0.3 is 0 Å². The van der Waals surface area contributed by atoms with Crippen molar-refractivity contribution in [1.82, 2.24) is 0 Å². The molecule has 0 spiro atoms. The van der Waals surface area contributed by atoms with Crippen molar-refractivity contribution in [1.29, 1.82) is 0 Å². The number of hydrogen-bond donors (Lipinski definition) is 2. The van der Waals surface area contributed by atoms with Gasteiger partial charge in [0.25, 0.3) is 0 Å². The van der Waals surface area contributed by atoms with Crippen LogP contribution in [0, 0.1) is 0 Å². The van der Waals surface area contributed by atoms with Crippen LogP contribution in [0.25, 0.3) is 0 Å². The number of rotatable bonds is 1. The van der Waals surface area contributed by atoms with Crippen molar-refractivity contribution in [2.45, 2.75) is 51.6 Å². The zero-order valence-corrected chi connectivity index (χ0v) is 14.5. The first-order valence-corrected chi connectivity index (χ1v) is 8.49. The number of ketones is 1. The van der Waals surface area contributed by atoms with E-state index in [1.54, 1.807) is 0 Å². The molecule has 0 unspecified atom stereocenters. The van der Waals surface area contributed by atoms with Crippen molar-refractivity contribution < 1.29 is 24.5 Å². The molecular formula is C20H20O5. The molecule has 25 heavy (non-hydrogen) atoms. The van der Waals surface area contributed by atoms with Crippen LogP contribution in [0.2, 0.25) is 0 Å². The second-order valence-corrected chi connectivity index (χ2v) is 7.41. The summed E-state index contributed by atoms with van der Waals surface area (Å²) in [7, 11) is 0. The average molecular weight is 340 g/mol. The number of allylic oxidation sites excluding steroid dienone is 4. The number of aldehydes is 1. The van der Waals surface area contributed by atoms with Gasteiger partial charge in [-0.25, -0.2) is 0 Å². The van der Waals surface area contributed by atoms with Crippen LogP contribution in [0.1, 0.15) is 55.1 Å². The number of hydrogen-bond acceptors (Lipinski definition) is 5. The Labute approximate surface area is 145 Å². The SMILES string of the molecule is CC1=C(C=O)CC[C@@]2(C)C1=CC(=O)c1c(O)c3c(c(O)c12)O[C@@H](C)C3. The van der Waals surface area contributed by atoms with Crippen molar-refractivity contribution >= 4 is 12.1 Å². The van der Waals surface area contributed by atoms with Gasteiger partial charge in [0, 0.05) is 23.0 Å². The Hall–Kier alpha value is -2.56. The molecule has 1 aliphatic heterocycles. The number of fused-ring (bicyclic) bond motifs is 4. The van der Waals surface area contributed by atoms with E-state index in [1.807, 2.05) is 20.8 Å². The topological polar surface area (TPSA) is 83.8 Å². The standard InChI is InChI=1S/C20H20O5/c1-9-6-12-17(23)15-14(22)7-13-10(2)11(8-21)4-5-20(13,3)16(15)18(24)19(12)25-9/h7-9,23-24H,4-6H2,1-3H3/t9-,20-/m0/s1. The summed E-state index contributed by atoms with van der Waals surface area (Å²) in [5.41, 5.74) is 2.62. The van der Waals surface area contributed by atoms with Crippen molar-refractivity contribution in [2.24, 2.45) is 0 Å². The first-order chi connectivity index (χ1) is 11.8. The number of benzene rings is 1. The Morgan fingerprint density at radius 1 is 1.32 bits per heavy atom. The van der Waals surface area contributed by atoms with Crippen molar-refractivity contribution in [3.63, 3.8) is 0 Å². The lowest BCUT2D eigenvalue weighted by Crippen LogP contribution is -2.35. The second-order valence-electron chi connectivity index (χ2n) is 7.41. The number of carbonyl (C=O) groups is 2. The minimum Gasteiger partial charge on any atom is -0.507 e. The summed E-state index contributed by atoms with van der Waals surface area (Å²) < 4.78 is 5.70. The van der Waals surface area contributed by atoms with Crippen LogP contribution >= 0.6 is 0 Å². The fraction of sp³-hybridized carbons (Fsp3) is 0.400. The van der Waals surface area contributed by atoms with Crippen molar-refractivity contribution in [3.8, 4) is 17.2 Å². The van der Waals surface area contributed by atoms with Crippen molar-refractivity contribution in [3.05, 3.63) is 39.5 Å². The number of aromatic hydroxyl groups is 2. The fourth-order valence-electron chi connectivity index (χ4n) is 4.55. The lowest BCUT2D eigenvalue weighted by Gasteiger charge is -2.41. The van der Waals surface area contributed by atoms with E-state index in [2.05, 4.69) is 0 Å². The van der Waals surface area contributed by atoms with Crippen LogP contribution in [0.3, 0.4) is 0 Å². The fourth-order valence-corrected chi connectivity index (χ4v) is 4.55. The zero-order valence-electron chi connectivity index (χ0n) is 14.5. The summed E-state index contributed by atoms with van der Waals surface area (Å²) in [6.07, 6.45) is 3.76. The van der Waals surface area contributed by atoms with Crippen LogP contribution in [0.15, 0.2) is 22.8 Å². The van der Waals surface area contributed by atoms with Gasteiger partial charge in [0.05, 0.1) is 5.56 Å². The summed E-state index contributed by atoms with van der Waals surface area (Å²) in [5.74, 6) is -0.210. The van der Waals surface area contributed by atoms with Crippen LogP contribution < -0.4 is 4.74 Å². The molecule has 0 radical (unpaired) electrons. The van der Waals surface area contributed by atoms with Crippen LogP contribution in [-0.2, 0) is 16.6 Å². The molecule has 0 saturated carbocycles. The summed E-state index contributed by atoms with van der Waals surface area (Å²) in [5, 5.41) is 21.7.